The zero-order chi connectivity index (χ0) is 22.9. The standard InChI is InChI=1S/C27H19NO5/c1-32-27(31)28(22-13-11-18-9-5-6-10-21(18)25(22)26(29)30)24-16-20-15-19(12-14-23(20)33-24)17-7-3-2-4-8-17/h2-16H,1H3,(H,29,30). The average Bonchev–Trinajstić information content (AvgIpc) is 3.26. The summed E-state index contributed by atoms with van der Waals surface area (Å²) < 4.78 is 11.0. The molecule has 1 amide bonds. The Bertz CT molecular complexity index is 1500. The summed E-state index contributed by atoms with van der Waals surface area (Å²) in [6.07, 6.45) is -0.755. The molecule has 0 aliphatic rings. The van der Waals surface area contributed by atoms with Crippen molar-refractivity contribution in [3.63, 3.8) is 0 Å². The number of methoxy groups -OCH3 is 1. The second-order valence-corrected chi connectivity index (χ2v) is 7.49. The molecule has 0 bridgehead atoms. The van der Waals surface area contributed by atoms with Gasteiger partial charge in [-0.3, -0.25) is 0 Å². The average molecular weight is 437 g/mol. The Hall–Kier alpha value is -4.58. The molecule has 1 aromatic heterocycles. The lowest BCUT2D eigenvalue weighted by atomic mass is 10.0. The Kier molecular flexibility index (Phi) is 5.03. The minimum Gasteiger partial charge on any atom is -0.478 e. The molecular weight excluding hydrogens is 418 g/mol. The predicted molar refractivity (Wildman–Crippen MR) is 127 cm³/mol. The number of benzene rings is 4. The maximum atomic E-state index is 12.8. The lowest BCUT2D eigenvalue weighted by molar-refractivity contribution is 0.0700. The highest BCUT2D eigenvalue weighted by Crippen LogP contribution is 2.38. The van der Waals surface area contributed by atoms with Gasteiger partial charge in [0.25, 0.3) is 0 Å². The number of amides is 1. The fourth-order valence-corrected chi connectivity index (χ4v) is 4.02. The summed E-state index contributed by atoms with van der Waals surface area (Å²) in [6, 6.07) is 27.8. The van der Waals surface area contributed by atoms with Crippen molar-refractivity contribution in [2.24, 2.45) is 0 Å². The molecule has 6 heteroatoms. The van der Waals surface area contributed by atoms with E-state index in [9.17, 15) is 14.7 Å². The van der Waals surface area contributed by atoms with Crippen LogP contribution in [0.4, 0.5) is 16.4 Å². The number of ether oxygens (including phenoxy) is 1. The van der Waals surface area contributed by atoms with Gasteiger partial charge in [-0.1, -0.05) is 66.7 Å². The predicted octanol–water partition coefficient (Wildman–Crippen LogP) is 6.86. The molecule has 0 aliphatic heterocycles. The van der Waals surface area contributed by atoms with E-state index < -0.39 is 12.1 Å². The summed E-state index contributed by atoms with van der Waals surface area (Å²) in [7, 11) is 1.24. The molecule has 1 N–H and O–H groups in total. The summed E-state index contributed by atoms with van der Waals surface area (Å²) >= 11 is 0. The summed E-state index contributed by atoms with van der Waals surface area (Å²) in [5.41, 5.74) is 2.77. The molecule has 1 heterocycles. The van der Waals surface area contributed by atoms with Crippen molar-refractivity contribution >= 4 is 45.4 Å². The summed E-state index contributed by atoms with van der Waals surface area (Å²) in [5, 5.41) is 12.0. The first kappa shape index (κ1) is 20.3. The smallest absolute Gasteiger partial charge is 0.421 e. The fourth-order valence-electron chi connectivity index (χ4n) is 4.02. The number of nitrogens with zero attached hydrogens (tertiary/aromatic N) is 1. The monoisotopic (exact) mass is 437 g/mol. The van der Waals surface area contributed by atoms with Gasteiger partial charge in [0.2, 0.25) is 5.88 Å². The van der Waals surface area contributed by atoms with Gasteiger partial charge in [0.15, 0.2) is 0 Å². The van der Waals surface area contributed by atoms with Crippen LogP contribution in [-0.4, -0.2) is 24.3 Å². The molecule has 0 aliphatic carbocycles. The minimum absolute atomic E-state index is 0.0102. The van der Waals surface area contributed by atoms with Gasteiger partial charge >= 0.3 is 12.1 Å². The largest absolute Gasteiger partial charge is 0.478 e. The molecule has 0 fully saturated rings. The number of hydrogen-bond donors (Lipinski definition) is 1. The van der Waals surface area contributed by atoms with E-state index in [0.29, 0.717) is 11.0 Å². The van der Waals surface area contributed by atoms with Gasteiger partial charge in [-0.2, -0.15) is 0 Å². The van der Waals surface area contributed by atoms with Crippen molar-refractivity contribution in [3.05, 3.63) is 96.6 Å². The molecule has 0 saturated carbocycles. The highest BCUT2D eigenvalue weighted by molar-refractivity contribution is 6.12. The van der Waals surface area contributed by atoms with Gasteiger partial charge in [0, 0.05) is 11.5 Å². The first-order valence-corrected chi connectivity index (χ1v) is 10.3. The zero-order valence-electron chi connectivity index (χ0n) is 17.7. The van der Waals surface area contributed by atoms with Crippen molar-refractivity contribution < 1.29 is 23.8 Å². The van der Waals surface area contributed by atoms with Crippen LogP contribution < -0.4 is 4.90 Å². The van der Waals surface area contributed by atoms with E-state index >= 15 is 0 Å². The van der Waals surface area contributed by atoms with Gasteiger partial charge < -0.3 is 14.3 Å². The first-order chi connectivity index (χ1) is 16.1. The highest BCUT2D eigenvalue weighted by Gasteiger charge is 2.28. The van der Waals surface area contributed by atoms with Crippen LogP contribution in [-0.2, 0) is 4.74 Å². The van der Waals surface area contributed by atoms with Crippen LogP contribution >= 0.6 is 0 Å². The zero-order valence-corrected chi connectivity index (χ0v) is 17.7. The molecule has 5 rings (SSSR count). The molecule has 0 saturated heterocycles. The normalized spacial score (nSPS) is 10.9. The van der Waals surface area contributed by atoms with Crippen LogP contribution in [0.2, 0.25) is 0 Å². The molecule has 162 valence electrons. The van der Waals surface area contributed by atoms with Crippen molar-refractivity contribution in [1.29, 1.82) is 0 Å². The number of hydrogen-bond acceptors (Lipinski definition) is 4. The number of anilines is 2. The van der Waals surface area contributed by atoms with Crippen LogP contribution in [0.5, 0.6) is 0 Å². The third-order valence-corrected chi connectivity index (χ3v) is 5.55. The maximum absolute atomic E-state index is 12.8. The number of aromatic carboxylic acids is 1. The topological polar surface area (TPSA) is 80.0 Å². The van der Waals surface area contributed by atoms with Crippen LogP contribution in [0.15, 0.2) is 95.4 Å². The van der Waals surface area contributed by atoms with E-state index in [1.165, 1.54) is 7.11 Å². The fraction of sp³-hybridized carbons (Fsp3) is 0.0370. The Morgan fingerprint density at radius 3 is 2.33 bits per heavy atom. The Morgan fingerprint density at radius 1 is 0.818 bits per heavy atom. The van der Waals surface area contributed by atoms with E-state index in [0.717, 1.165) is 26.8 Å². The number of fused-ring (bicyclic) bond motifs is 2. The second-order valence-electron chi connectivity index (χ2n) is 7.49. The van der Waals surface area contributed by atoms with Gasteiger partial charge in [0.1, 0.15) is 5.58 Å². The minimum atomic E-state index is -1.15. The summed E-state index contributed by atoms with van der Waals surface area (Å²) in [5.74, 6) is -0.988. The van der Waals surface area contributed by atoms with Crippen LogP contribution in [0.1, 0.15) is 10.4 Å². The molecular formula is C27H19NO5. The third-order valence-electron chi connectivity index (χ3n) is 5.55. The second kappa shape index (κ2) is 8.16. The van der Waals surface area contributed by atoms with Crippen molar-refractivity contribution in [3.8, 4) is 11.1 Å². The molecule has 0 unspecified atom stereocenters. The van der Waals surface area contributed by atoms with Gasteiger partial charge in [-0.05, 0) is 40.1 Å². The van der Waals surface area contributed by atoms with E-state index in [2.05, 4.69) is 0 Å². The van der Waals surface area contributed by atoms with Crippen molar-refractivity contribution in [1.82, 2.24) is 0 Å². The Balaban J connectivity index is 1.69. The number of furan rings is 1. The van der Waals surface area contributed by atoms with E-state index in [-0.39, 0.29) is 17.1 Å². The quantitative estimate of drug-likeness (QED) is 0.332. The van der Waals surface area contributed by atoms with E-state index in [1.807, 2.05) is 60.7 Å². The van der Waals surface area contributed by atoms with Crippen LogP contribution in [0.3, 0.4) is 0 Å². The molecule has 5 aromatic rings. The lowest BCUT2D eigenvalue weighted by Gasteiger charge is -2.21. The van der Waals surface area contributed by atoms with Crippen molar-refractivity contribution in [2.45, 2.75) is 0 Å². The Morgan fingerprint density at radius 2 is 1.58 bits per heavy atom. The molecule has 0 radical (unpaired) electrons. The molecule has 0 spiro atoms. The lowest BCUT2D eigenvalue weighted by Crippen LogP contribution is -2.27. The number of carboxylic acid groups (broad SMARTS) is 1. The van der Waals surface area contributed by atoms with Crippen LogP contribution in [0.25, 0.3) is 32.9 Å². The highest BCUT2D eigenvalue weighted by atomic mass is 16.5. The van der Waals surface area contributed by atoms with E-state index in [1.54, 1.807) is 30.3 Å². The third kappa shape index (κ3) is 3.57. The summed E-state index contributed by atoms with van der Waals surface area (Å²) in [6.45, 7) is 0. The van der Waals surface area contributed by atoms with Crippen LogP contribution in [0, 0.1) is 0 Å². The SMILES string of the molecule is COC(=O)N(c1cc2cc(-c3ccccc3)ccc2o1)c1ccc2ccccc2c1C(=O)O. The first-order valence-electron chi connectivity index (χ1n) is 10.3. The number of carbonyl (C=O) groups excluding carboxylic acids is 1. The number of rotatable bonds is 4. The Labute approximate surface area is 189 Å². The number of carbonyl (C=O) groups is 2. The molecule has 6 nitrogen and oxygen atoms in total. The van der Waals surface area contributed by atoms with Gasteiger partial charge in [-0.25, -0.2) is 14.5 Å². The van der Waals surface area contributed by atoms with Crippen molar-refractivity contribution in [2.75, 3.05) is 12.0 Å². The molecule has 33 heavy (non-hydrogen) atoms. The van der Waals surface area contributed by atoms with Gasteiger partial charge in [-0.15, -0.1) is 0 Å². The molecule has 4 aromatic carbocycles. The summed E-state index contributed by atoms with van der Waals surface area (Å²) in [4.78, 5) is 26.2. The van der Waals surface area contributed by atoms with Gasteiger partial charge in [0.05, 0.1) is 18.4 Å². The number of carboxylic acids is 1. The maximum Gasteiger partial charge on any atom is 0.421 e. The molecule has 0 atom stereocenters. The van der Waals surface area contributed by atoms with E-state index in [4.69, 9.17) is 9.15 Å².